The molecule has 7 aromatic rings. The van der Waals surface area contributed by atoms with Crippen LogP contribution in [0.1, 0.15) is 0 Å². The Bertz CT molecular complexity index is 1860. The molecule has 0 fully saturated rings. The van der Waals surface area contributed by atoms with Crippen LogP contribution in [-0.2, 0) is 0 Å². The number of hydrogen-bond donors (Lipinski definition) is 0. The van der Waals surface area contributed by atoms with Gasteiger partial charge in [0.25, 0.3) is 0 Å². The number of rotatable bonds is 2. The lowest BCUT2D eigenvalue weighted by Crippen LogP contribution is -1.82. The second-order valence-electron chi connectivity index (χ2n) is 8.67. The van der Waals surface area contributed by atoms with E-state index in [2.05, 4.69) is 131 Å². The van der Waals surface area contributed by atoms with Gasteiger partial charge in [-0.3, -0.25) is 0 Å². The fourth-order valence-corrected chi connectivity index (χ4v) is 5.43. The third-order valence-electron chi connectivity index (χ3n) is 6.72. The van der Waals surface area contributed by atoms with E-state index in [-0.39, 0.29) is 0 Å². The number of halogens is 1. The lowest BCUT2D eigenvalue weighted by Gasteiger charge is -2.07. The molecule has 0 aliphatic rings. The molecule has 0 bridgehead atoms. The lowest BCUT2D eigenvalue weighted by atomic mass is 9.95. The Kier molecular flexibility index (Phi) is 4.36. The van der Waals surface area contributed by atoms with Crippen molar-refractivity contribution in [3.8, 4) is 22.3 Å². The van der Waals surface area contributed by atoms with Gasteiger partial charge in [0.1, 0.15) is 11.2 Å². The fraction of sp³-hybridized carbons (Fsp3) is 0. The van der Waals surface area contributed by atoms with Gasteiger partial charge >= 0.3 is 0 Å². The molecule has 34 heavy (non-hydrogen) atoms. The van der Waals surface area contributed by atoms with Crippen molar-refractivity contribution in [2.45, 2.75) is 0 Å². The highest BCUT2D eigenvalue weighted by molar-refractivity contribution is 9.10. The zero-order chi connectivity index (χ0) is 22.6. The normalized spacial score (nSPS) is 11.7. The Labute approximate surface area is 205 Å². The standard InChI is InChI=1S/C32H19BrO/c33-23-17-15-20(16-18-23)21-7-5-8-22(19-21)24-13-6-14-29-30-27-11-3-1-9-25(27)26-10-2-4-12-28(26)32(30)34-31(24)29/h1-19H. The Morgan fingerprint density at radius 3 is 1.85 bits per heavy atom. The van der Waals surface area contributed by atoms with Gasteiger partial charge in [0.05, 0.1) is 0 Å². The average molecular weight is 499 g/mol. The van der Waals surface area contributed by atoms with E-state index < -0.39 is 0 Å². The first-order chi connectivity index (χ1) is 16.8. The minimum absolute atomic E-state index is 0.937. The monoisotopic (exact) mass is 498 g/mol. The van der Waals surface area contributed by atoms with Crippen molar-refractivity contribution in [2.75, 3.05) is 0 Å². The molecule has 1 heterocycles. The highest BCUT2D eigenvalue weighted by atomic mass is 79.9. The summed E-state index contributed by atoms with van der Waals surface area (Å²) >= 11 is 3.53. The Morgan fingerprint density at radius 2 is 1.06 bits per heavy atom. The average Bonchev–Trinajstić information content (AvgIpc) is 3.30. The number of para-hydroxylation sites is 1. The van der Waals surface area contributed by atoms with Gasteiger partial charge in [-0.1, -0.05) is 113 Å². The number of hydrogen-bond acceptors (Lipinski definition) is 1. The van der Waals surface area contributed by atoms with E-state index in [1.165, 1.54) is 32.7 Å². The smallest absolute Gasteiger partial charge is 0.143 e. The van der Waals surface area contributed by atoms with Gasteiger partial charge in [-0.05, 0) is 51.0 Å². The molecule has 160 valence electrons. The molecule has 1 aromatic heterocycles. The van der Waals surface area contributed by atoms with Crippen LogP contribution in [0.15, 0.2) is 124 Å². The van der Waals surface area contributed by atoms with Crippen LogP contribution in [0.5, 0.6) is 0 Å². The largest absolute Gasteiger partial charge is 0.455 e. The van der Waals surface area contributed by atoms with Gasteiger partial charge in [-0.2, -0.15) is 0 Å². The van der Waals surface area contributed by atoms with E-state index in [9.17, 15) is 0 Å². The first-order valence-electron chi connectivity index (χ1n) is 11.4. The molecule has 7 rings (SSSR count). The van der Waals surface area contributed by atoms with Gasteiger partial charge in [0.2, 0.25) is 0 Å². The molecule has 0 atom stereocenters. The van der Waals surface area contributed by atoms with Gasteiger partial charge in [0.15, 0.2) is 0 Å². The molecule has 0 saturated heterocycles. The van der Waals surface area contributed by atoms with Crippen LogP contribution in [0.25, 0.3) is 65.7 Å². The van der Waals surface area contributed by atoms with Crippen molar-refractivity contribution in [3.05, 3.63) is 120 Å². The van der Waals surface area contributed by atoms with Crippen molar-refractivity contribution in [1.82, 2.24) is 0 Å². The first kappa shape index (κ1) is 19.6. The predicted molar refractivity (Wildman–Crippen MR) is 147 cm³/mol. The predicted octanol–water partition coefficient (Wildman–Crippen LogP) is 9.99. The van der Waals surface area contributed by atoms with Gasteiger partial charge in [0, 0.05) is 26.2 Å². The third kappa shape index (κ3) is 2.92. The van der Waals surface area contributed by atoms with Crippen molar-refractivity contribution in [3.63, 3.8) is 0 Å². The van der Waals surface area contributed by atoms with Crippen LogP contribution in [0, 0.1) is 0 Å². The highest BCUT2D eigenvalue weighted by Gasteiger charge is 2.18. The summed E-state index contributed by atoms with van der Waals surface area (Å²) in [6.07, 6.45) is 0. The van der Waals surface area contributed by atoms with E-state index in [1.807, 2.05) is 0 Å². The molecule has 0 radical (unpaired) electrons. The first-order valence-corrected chi connectivity index (χ1v) is 12.2. The van der Waals surface area contributed by atoms with E-state index in [1.54, 1.807) is 0 Å². The minimum atomic E-state index is 0.937. The summed E-state index contributed by atoms with van der Waals surface area (Å²) < 4.78 is 7.80. The Hall–Kier alpha value is -3.88. The van der Waals surface area contributed by atoms with E-state index in [0.29, 0.717) is 0 Å². The second kappa shape index (κ2) is 7.58. The van der Waals surface area contributed by atoms with Gasteiger partial charge in [-0.15, -0.1) is 0 Å². The summed E-state index contributed by atoms with van der Waals surface area (Å²) in [5, 5.41) is 7.22. The summed E-state index contributed by atoms with van der Waals surface area (Å²) in [7, 11) is 0. The highest BCUT2D eigenvalue weighted by Crippen LogP contribution is 2.43. The maximum absolute atomic E-state index is 6.71. The molecule has 0 spiro atoms. The van der Waals surface area contributed by atoms with Crippen LogP contribution >= 0.6 is 15.9 Å². The topological polar surface area (TPSA) is 13.1 Å². The van der Waals surface area contributed by atoms with E-state index >= 15 is 0 Å². The molecule has 6 aromatic carbocycles. The maximum Gasteiger partial charge on any atom is 0.143 e. The van der Waals surface area contributed by atoms with Crippen LogP contribution in [0.3, 0.4) is 0 Å². The minimum Gasteiger partial charge on any atom is -0.455 e. The van der Waals surface area contributed by atoms with E-state index in [4.69, 9.17) is 4.42 Å². The molecule has 2 heteroatoms. The van der Waals surface area contributed by atoms with Gasteiger partial charge in [-0.25, -0.2) is 0 Å². The van der Waals surface area contributed by atoms with Crippen LogP contribution < -0.4 is 0 Å². The molecule has 1 nitrogen and oxygen atoms in total. The van der Waals surface area contributed by atoms with Crippen LogP contribution in [0.4, 0.5) is 0 Å². The maximum atomic E-state index is 6.71. The fourth-order valence-electron chi connectivity index (χ4n) is 5.16. The number of furan rings is 1. The van der Waals surface area contributed by atoms with Crippen molar-refractivity contribution < 1.29 is 4.42 Å². The number of benzene rings is 6. The lowest BCUT2D eigenvalue weighted by molar-refractivity contribution is 0.674. The van der Waals surface area contributed by atoms with Crippen LogP contribution in [0.2, 0.25) is 0 Å². The molecular formula is C32H19BrO. The molecule has 0 unspecified atom stereocenters. The third-order valence-corrected chi connectivity index (χ3v) is 7.25. The van der Waals surface area contributed by atoms with Crippen molar-refractivity contribution >= 4 is 59.4 Å². The molecular weight excluding hydrogens is 480 g/mol. The second-order valence-corrected chi connectivity index (χ2v) is 9.58. The Morgan fingerprint density at radius 1 is 0.441 bits per heavy atom. The number of fused-ring (bicyclic) bond motifs is 8. The summed E-state index contributed by atoms with van der Waals surface area (Å²) in [5.41, 5.74) is 6.54. The zero-order valence-electron chi connectivity index (χ0n) is 18.3. The molecule has 0 N–H and O–H groups in total. The summed E-state index contributed by atoms with van der Waals surface area (Å²) in [6, 6.07) is 40.8. The molecule has 0 amide bonds. The van der Waals surface area contributed by atoms with Crippen LogP contribution in [-0.4, -0.2) is 0 Å². The Balaban J connectivity index is 1.54. The van der Waals surface area contributed by atoms with Crippen molar-refractivity contribution in [1.29, 1.82) is 0 Å². The SMILES string of the molecule is Brc1ccc(-c2cccc(-c3cccc4c3oc3c5ccccc5c5ccccc5c43)c2)cc1. The van der Waals surface area contributed by atoms with E-state index in [0.717, 1.165) is 37.5 Å². The summed E-state index contributed by atoms with van der Waals surface area (Å²) in [5.74, 6) is 0. The summed E-state index contributed by atoms with van der Waals surface area (Å²) in [6.45, 7) is 0. The van der Waals surface area contributed by atoms with Crippen molar-refractivity contribution in [2.24, 2.45) is 0 Å². The van der Waals surface area contributed by atoms with Gasteiger partial charge < -0.3 is 4.42 Å². The molecule has 0 aliphatic heterocycles. The quantitative estimate of drug-likeness (QED) is 0.216. The summed E-state index contributed by atoms with van der Waals surface area (Å²) in [4.78, 5) is 0. The molecule has 0 aliphatic carbocycles. The molecule has 0 saturated carbocycles. The zero-order valence-corrected chi connectivity index (χ0v) is 19.8.